The fourth-order valence-electron chi connectivity index (χ4n) is 2.87. The highest BCUT2D eigenvalue weighted by Gasteiger charge is 2.20. The molecule has 8 heteroatoms. The predicted octanol–water partition coefficient (Wildman–Crippen LogP) is 1.68. The number of nitrogens with zero attached hydrogens (tertiary/aromatic N) is 4. The third-order valence-corrected chi connectivity index (χ3v) is 4.14. The van der Waals surface area contributed by atoms with Crippen LogP contribution in [0.3, 0.4) is 0 Å². The maximum absolute atomic E-state index is 12.6. The van der Waals surface area contributed by atoms with Gasteiger partial charge in [-0.25, -0.2) is 4.98 Å². The van der Waals surface area contributed by atoms with E-state index in [0.717, 1.165) is 36.3 Å². The van der Waals surface area contributed by atoms with Crippen LogP contribution < -0.4 is 10.6 Å². The van der Waals surface area contributed by atoms with Crippen molar-refractivity contribution >= 4 is 11.6 Å². The van der Waals surface area contributed by atoms with Crippen LogP contribution in [0.25, 0.3) is 11.5 Å². The van der Waals surface area contributed by atoms with E-state index < -0.39 is 0 Å². The van der Waals surface area contributed by atoms with Gasteiger partial charge in [0.2, 0.25) is 5.89 Å². The predicted molar refractivity (Wildman–Crippen MR) is 91.0 cm³/mol. The van der Waals surface area contributed by atoms with Crippen molar-refractivity contribution in [3.05, 3.63) is 47.4 Å². The van der Waals surface area contributed by atoms with Gasteiger partial charge in [-0.3, -0.25) is 14.5 Å². The van der Waals surface area contributed by atoms with Crippen molar-refractivity contribution in [1.82, 2.24) is 25.1 Å². The first-order valence-electron chi connectivity index (χ1n) is 8.06. The van der Waals surface area contributed by atoms with E-state index in [-0.39, 0.29) is 11.6 Å². The van der Waals surface area contributed by atoms with E-state index in [4.69, 9.17) is 4.42 Å². The Morgan fingerprint density at radius 1 is 1.40 bits per heavy atom. The van der Waals surface area contributed by atoms with Gasteiger partial charge < -0.3 is 15.1 Å². The highest BCUT2D eigenvalue weighted by molar-refractivity contribution is 6.03. The fraction of sp³-hybridized carbons (Fsp3) is 0.294. The van der Waals surface area contributed by atoms with Crippen LogP contribution >= 0.6 is 0 Å². The minimum atomic E-state index is -0.318. The minimum Gasteiger partial charge on any atom is -0.440 e. The number of amides is 1. The second-order valence-electron chi connectivity index (χ2n) is 6.04. The lowest BCUT2D eigenvalue weighted by molar-refractivity contribution is 0.102. The van der Waals surface area contributed by atoms with Crippen LogP contribution in [-0.2, 0) is 20.0 Å². The van der Waals surface area contributed by atoms with Gasteiger partial charge in [-0.05, 0) is 18.6 Å². The number of carbonyl (C=O) groups is 1. The summed E-state index contributed by atoms with van der Waals surface area (Å²) in [6.07, 6.45) is 6.01. The van der Waals surface area contributed by atoms with E-state index in [1.54, 1.807) is 30.2 Å². The average Bonchev–Trinajstić information content (AvgIpc) is 3.20. The van der Waals surface area contributed by atoms with Crippen LogP contribution in [0.4, 0.5) is 5.69 Å². The van der Waals surface area contributed by atoms with Crippen molar-refractivity contribution in [2.75, 3.05) is 11.9 Å². The maximum atomic E-state index is 12.6. The number of nitrogens with one attached hydrogen (secondary N) is 2. The zero-order chi connectivity index (χ0) is 17.4. The Morgan fingerprint density at radius 2 is 2.28 bits per heavy atom. The monoisotopic (exact) mass is 338 g/mol. The summed E-state index contributed by atoms with van der Waals surface area (Å²) in [4.78, 5) is 21.3. The van der Waals surface area contributed by atoms with Gasteiger partial charge in [0, 0.05) is 38.4 Å². The van der Waals surface area contributed by atoms with Crippen molar-refractivity contribution in [3.8, 4) is 11.5 Å². The Hall–Kier alpha value is -3.00. The van der Waals surface area contributed by atoms with E-state index in [1.165, 1.54) is 0 Å². The molecule has 0 unspecified atom stereocenters. The first-order chi connectivity index (χ1) is 12.1. The van der Waals surface area contributed by atoms with Crippen LogP contribution in [0.15, 0.2) is 29.1 Å². The molecule has 0 bridgehead atoms. The normalized spacial score (nSPS) is 13.5. The molecule has 128 valence electrons. The molecule has 0 aromatic carbocycles. The summed E-state index contributed by atoms with van der Waals surface area (Å²) in [5, 5.41) is 10.2. The summed E-state index contributed by atoms with van der Waals surface area (Å²) in [6.45, 7) is 3.41. The topological polar surface area (TPSA) is 97.9 Å². The number of oxazole rings is 1. The summed E-state index contributed by atoms with van der Waals surface area (Å²) >= 11 is 0. The summed E-state index contributed by atoms with van der Waals surface area (Å²) in [7, 11) is 1.81. The van der Waals surface area contributed by atoms with E-state index in [1.807, 2.05) is 13.1 Å². The number of rotatable bonds is 3. The lowest BCUT2D eigenvalue weighted by Crippen LogP contribution is -2.25. The Bertz CT molecular complexity index is 943. The number of anilines is 1. The van der Waals surface area contributed by atoms with Crippen molar-refractivity contribution < 1.29 is 9.21 Å². The second kappa shape index (κ2) is 6.14. The highest BCUT2D eigenvalue weighted by Crippen LogP contribution is 2.22. The molecule has 8 nitrogen and oxygen atoms in total. The maximum Gasteiger partial charge on any atom is 0.277 e. The van der Waals surface area contributed by atoms with Crippen LogP contribution in [0, 0.1) is 6.92 Å². The molecule has 4 rings (SSSR count). The first-order valence-corrected chi connectivity index (χ1v) is 8.06. The Labute approximate surface area is 144 Å². The van der Waals surface area contributed by atoms with E-state index >= 15 is 0 Å². The number of pyridine rings is 1. The quantitative estimate of drug-likeness (QED) is 0.754. The Kier molecular flexibility index (Phi) is 3.81. The molecule has 1 aliphatic rings. The summed E-state index contributed by atoms with van der Waals surface area (Å²) in [6, 6.07) is 1.95. The molecule has 0 saturated carbocycles. The molecule has 0 saturated heterocycles. The number of aromatic nitrogens is 4. The van der Waals surface area contributed by atoms with Crippen molar-refractivity contribution in [2.45, 2.75) is 19.9 Å². The van der Waals surface area contributed by atoms with Gasteiger partial charge in [-0.2, -0.15) is 5.10 Å². The molecule has 1 aliphatic heterocycles. The molecule has 25 heavy (non-hydrogen) atoms. The zero-order valence-corrected chi connectivity index (χ0v) is 14.0. The number of fused-ring (bicyclic) bond motifs is 1. The van der Waals surface area contributed by atoms with Crippen LogP contribution in [0.1, 0.15) is 27.5 Å². The number of aryl methyl sites for hydroxylation is 2. The Balaban J connectivity index is 1.56. The standard InChI is InChI=1S/C17H18N6O2/c1-10-15(22-17(25-10)12-7-20-23(2)9-12)16(24)21-13-5-11-6-18-4-3-14(11)19-8-13/h5,7-9,18H,3-4,6H2,1-2H3,(H,21,24). The molecule has 0 aliphatic carbocycles. The molecule has 2 N–H and O–H groups in total. The Morgan fingerprint density at radius 3 is 3.08 bits per heavy atom. The summed E-state index contributed by atoms with van der Waals surface area (Å²) in [5.41, 5.74) is 3.82. The molecular formula is C17H18N6O2. The molecule has 0 spiro atoms. The summed E-state index contributed by atoms with van der Waals surface area (Å²) in [5.74, 6) is 0.523. The molecule has 0 fully saturated rings. The largest absolute Gasteiger partial charge is 0.440 e. The number of carbonyl (C=O) groups excluding carboxylic acids is 1. The number of hydrogen-bond donors (Lipinski definition) is 2. The van der Waals surface area contributed by atoms with E-state index in [0.29, 0.717) is 17.3 Å². The van der Waals surface area contributed by atoms with Crippen molar-refractivity contribution in [2.24, 2.45) is 7.05 Å². The molecule has 0 radical (unpaired) electrons. The third kappa shape index (κ3) is 3.03. The van der Waals surface area contributed by atoms with Crippen LogP contribution in [0.2, 0.25) is 0 Å². The lowest BCUT2D eigenvalue weighted by Gasteiger charge is -2.16. The minimum absolute atomic E-state index is 0.259. The summed E-state index contributed by atoms with van der Waals surface area (Å²) < 4.78 is 7.27. The molecule has 3 aromatic heterocycles. The molecule has 4 heterocycles. The molecule has 3 aromatic rings. The van der Waals surface area contributed by atoms with E-state index in [9.17, 15) is 4.79 Å². The second-order valence-corrected chi connectivity index (χ2v) is 6.04. The van der Waals surface area contributed by atoms with Gasteiger partial charge in [-0.15, -0.1) is 0 Å². The highest BCUT2D eigenvalue weighted by atomic mass is 16.4. The van der Waals surface area contributed by atoms with Gasteiger partial charge in [0.1, 0.15) is 5.76 Å². The van der Waals surface area contributed by atoms with Gasteiger partial charge >= 0.3 is 0 Å². The fourth-order valence-corrected chi connectivity index (χ4v) is 2.87. The smallest absolute Gasteiger partial charge is 0.277 e. The SMILES string of the molecule is Cc1oc(-c2cnn(C)c2)nc1C(=O)Nc1cnc2c(c1)CNCC2. The van der Waals surface area contributed by atoms with Gasteiger partial charge in [0.05, 0.1) is 23.6 Å². The number of hydrogen-bond acceptors (Lipinski definition) is 6. The van der Waals surface area contributed by atoms with Crippen LogP contribution in [-0.4, -0.2) is 32.2 Å². The zero-order valence-electron chi connectivity index (χ0n) is 14.0. The van der Waals surface area contributed by atoms with Gasteiger partial charge in [-0.1, -0.05) is 0 Å². The van der Waals surface area contributed by atoms with Crippen molar-refractivity contribution in [3.63, 3.8) is 0 Å². The van der Waals surface area contributed by atoms with Gasteiger partial charge in [0.15, 0.2) is 5.69 Å². The van der Waals surface area contributed by atoms with Crippen LogP contribution in [0.5, 0.6) is 0 Å². The first kappa shape index (κ1) is 15.5. The molecule has 0 atom stereocenters. The van der Waals surface area contributed by atoms with E-state index in [2.05, 4.69) is 25.7 Å². The van der Waals surface area contributed by atoms with Crippen molar-refractivity contribution in [1.29, 1.82) is 0 Å². The molecular weight excluding hydrogens is 320 g/mol. The van der Waals surface area contributed by atoms with Gasteiger partial charge in [0.25, 0.3) is 5.91 Å². The molecule has 1 amide bonds. The average molecular weight is 338 g/mol. The lowest BCUT2D eigenvalue weighted by atomic mass is 10.1. The third-order valence-electron chi connectivity index (χ3n) is 4.14.